The summed E-state index contributed by atoms with van der Waals surface area (Å²) in [6.07, 6.45) is 2.04. The lowest BCUT2D eigenvalue weighted by Gasteiger charge is -2.18. The molecule has 0 saturated carbocycles. The molecule has 0 aliphatic heterocycles. The first kappa shape index (κ1) is 24.9. The number of hydrogen-bond acceptors (Lipinski definition) is 4. The van der Waals surface area contributed by atoms with E-state index in [1.807, 2.05) is 12.1 Å². The van der Waals surface area contributed by atoms with E-state index < -0.39 is 5.92 Å². The van der Waals surface area contributed by atoms with Gasteiger partial charge in [-0.1, -0.05) is 46.9 Å². The van der Waals surface area contributed by atoms with E-state index >= 15 is 0 Å². The van der Waals surface area contributed by atoms with Crippen molar-refractivity contribution in [2.24, 2.45) is 5.73 Å². The number of aromatic nitrogens is 1. The molecule has 0 fully saturated rings. The number of hydrogen-bond donors (Lipinski definition) is 3. The van der Waals surface area contributed by atoms with Gasteiger partial charge >= 0.3 is 0 Å². The quantitative estimate of drug-likeness (QED) is 0.255. The van der Waals surface area contributed by atoms with Gasteiger partial charge in [0.1, 0.15) is 5.82 Å². The summed E-state index contributed by atoms with van der Waals surface area (Å²) in [5.41, 5.74) is 7.49. The second-order valence-electron chi connectivity index (χ2n) is 7.85. The van der Waals surface area contributed by atoms with Gasteiger partial charge in [0.2, 0.25) is 5.91 Å². The van der Waals surface area contributed by atoms with E-state index in [2.05, 4.69) is 15.6 Å². The highest BCUT2D eigenvalue weighted by Crippen LogP contribution is 2.30. The summed E-state index contributed by atoms with van der Waals surface area (Å²) >= 11 is 18.1. The van der Waals surface area contributed by atoms with E-state index in [0.717, 1.165) is 10.9 Å². The van der Waals surface area contributed by atoms with Crippen molar-refractivity contribution in [1.29, 1.82) is 0 Å². The second kappa shape index (κ2) is 11.1. The van der Waals surface area contributed by atoms with E-state index in [-0.39, 0.29) is 11.8 Å². The van der Waals surface area contributed by atoms with Crippen LogP contribution in [0.2, 0.25) is 15.1 Å². The van der Waals surface area contributed by atoms with Crippen molar-refractivity contribution in [2.45, 2.75) is 12.3 Å². The van der Waals surface area contributed by atoms with Crippen LogP contribution in [0.3, 0.4) is 0 Å². The minimum absolute atomic E-state index is 0.233. The monoisotopic (exact) mass is 526 g/mol. The molecular formula is C26H21Cl3N4O2. The number of amides is 2. The fraction of sp³-hybridized carbons (Fsp3) is 0.115. The largest absolute Gasteiger partial charge is 0.330 e. The minimum atomic E-state index is -0.511. The molecule has 35 heavy (non-hydrogen) atoms. The lowest BCUT2D eigenvalue weighted by Crippen LogP contribution is -2.23. The number of carbonyl (C=O) groups is 2. The number of nitrogens with zero attached hydrogens (tertiary/aromatic N) is 1. The Kier molecular flexibility index (Phi) is 7.88. The number of pyridine rings is 1. The van der Waals surface area contributed by atoms with Gasteiger partial charge in [0, 0.05) is 27.9 Å². The van der Waals surface area contributed by atoms with Crippen molar-refractivity contribution in [1.82, 2.24) is 4.98 Å². The van der Waals surface area contributed by atoms with Crippen LogP contribution >= 0.6 is 34.8 Å². The van der Waals surface area contributed by atoms with Gasteiger partial charge < -0.3 is 16.4 Å². The van der Waals surface area contributed by atoms with Crippen LogP contribution in [0.5, 0.6) is 0 Å². The number of nitrogens with one attached hydrogen (secondary N) is 2. The predicted octanol–water partition coefficient (Wildman–Crippen LogP) is 6.52. The first-order valence-corrected chi connectivity index (χ1v) is 11.9. The van der Waals surface area contributed by atoms with Crippen LogP contribution in [0.1, 0.15) is 28.3 Å². The van der Waals surface area contributed by atoms with Gasteiger partial charge in [-0.2, -0.15) is 0 Å². The molecule has 9 heteroatoms. The van der Waals surface area contributed by atoms with Crippen LogP contribution in [0, 0.1) is 0 Å². The summed E-state index contributed by atoms with van der Waals surface area (Å²) < 4.78 is 0. The molecule has 4 aromatic rings. The number of anilines is 2. The standard InChI is InChI=1S/C26H21Cl3N4O2/c27-18-5-1-16(2-6-18)25(34)33-24-21-14-19(7-3-15(21)10-12-31-24)32-26(35)20(9-11-30)17-4-8-22(28)23(29)13-17/h1-8,10,12-14,20H,9,11,30H2,(H,32,35)(H,31,33,34). The minimum Gasteiger partial charge on any atom is -0.330 e. The zero-order valence-corrected chi connectivity index (χ0v) is 20.7. The number of rotatable bonds is 7. The van der Waals surface area contributed by atoms with Crippen molar-refractivity contribution >= 4 is 68.9 Å². The lowest BCUT2D eigenvalue weighted by molar-refractivity contribution is -0.117. The third kappa shape index (κ3) is 5.92. The summed E-state index contributed by atoms with van der Waals surface area (Å²) in [5, 5.41) is 8.64. The summed E-state index contributed by atoms with van der Waals surface area (Å²) in [7, 11) is 0. The third-order valence-electron chi connectivity index (χ3n) is 5.49. The summed E-state index contributed by atoms with van der Waals surface area (Å²) in [6, 6.07) is 18.9. The first-order valence-electron chi connectivity index (χ1n) is 10.8. The van der Waals surface area contributed by atoms with Crippen LogP contribution in [0.25, 0.3) is 10.8 Å². The lowest BCUT2D eigenvalue weighted by atomic mass is 9.94. The molecule has 178 valence electrons. The van der Waals surface area contributed by atoms with Gasteiger partial charge in [-0.05, 0) is 78.5 Å². The average Bonchev–Trinajstić information content (AvgIpc) is 2.85. The maximum atomic E-state index is 13.2. The van der Waals surface area contributed by atoms with Gasteiger partial charge in [-0.15, -0.1) is 0 Å². The highest BCUT2D eigenvalue weighted by molar-refractivity contribution is 6.42. The summed E-state index contributed by atoms with van der Waals surface area (Å²) in [5.74, 6) is -0.687. The van der Waals surface area contributed by atoms with Gasteiger partial charge in [-0.3, -0.25) is 9.59 Å². The Labute approximate surface area is 217 Å². The van der Waals surface area contributed by atoms with E-state index in [4.69, 9.17) is 40.5 Å². The first-order chi connectivity index (χ1) is 16.9. The van der Waals surface area contributed by atoms with Crippen LogP contribution in [-0.2, 0) is 4.79 Å². The van der Waals surface area contributed by atoms with E-state index in [1.165, 1.54) is 0 Å². The molecule has 3 aromatic carbocycles. The smallest absolute Gasteiger partial charge is 0.256 e. The van der Waals surface area contributed by atoms with Crippen molar-refractivity contribution in [3.8, 4) is 0 Å². The topological polar surface area (TPSA) is 97.1 Å². The van der Waals surface area contributed by atoms with E-state index in [0.29, 0.717) is 50.5 Å². The van der Waals surface area contributed by atoms with Gasteiger partial charge in [-0.25, -0.2) is 4.98 Å². The number of nitrogens with two attached hydrogens (primary N) is 1. The molecule has 0 saturated heterocycles. The fourth-order valence-corrected chi connectivity index (χ4v) is 4.13. The van der Waals surface area contributed by atoms with Crippen LogP contribution in [-0.4, -0.2) is 23.3 Å². The summed E-state index contributed by atoms with van der Waals surface area (Å²) in [6.45, 7) is 0.320. The normalized spacial score (nSPS) is 11.8. The molecule has 0 spiro atoms. The van der Waals surface area contributed by atoms with Crippen LogP contribution in [0.15, 0.2) is 72.9 Å². The maximum Gasteiger partial charge on any atom is 0.256 e. The average molecular weight is 528 g/mol. The molecule has 1 atom stereocenters. The van der Waals surface area contributed by atoms with Gasteiger partial charge in [0.05, 0.1) is 16.0 Å². The molecule has 0 bridgehead atoms. The molecule has 1 unspecified atom stereocenters. The zero-order chi connectivity index (χ0) is 24.9. The zero-order valence-electron chi connectivity index (χ0n) is 18.4. The van der Waals surface area contributed by atoms with Crippen LogP contribution in [0.4, 0.5) is 11.5 Å². The Balaban J connectivity index is 1.59. The highest BCUT2D eigenvalue weighted by Gasteiger charge is 2.21. The van der Waals surface area contributed by atoms with Crippen LogP contribution < -0.4 is 16.4 Å². The summed E-state index contributed by atoms with van der Waals surface area (Å²) in [4.78, 5) is 30.2. The molecule has 4 rings (SSSR count). The van der Waals surface area contributed by atoms with E-state index in [1.54, 1.807) is 60.8 Å². The van der Waals surface area contributed by atoms with Crippen molar-refractivity contribution in [3.63, 3.8) is 0 Å². The molecular weight excluding hydrogens is 507 g/mol. The molecule has 1 heterocycles. The number of benzene rings is 3. The Morgan fingerprint density at radius 3 is 2.37 bits per heavy atom. The number of fused-ring (bicyclic) bond motifs is 1. The van der Waals surface area contributed by atoms with E-state index in [9.17, 15) is 9.59 Å². The SMILES string of the molecule is NCCC(C(=O)Nc1ccc2ccnc(NC(=O)c3ccc(Cl)cc3)c2c1)c1ccc(Cl)c(Cl)c1. The Morgan fingerprint density at radius 2 is 1.66 bits per heavy atom. The molecule has 0 aliphatic rings. The van der Waals surface area contributed by atoms with Crippen molar-refractivity contribution in [3.05, 3.63) is 99.1 Å². The molecule has 6 nitrogen and oxygen atoms in total. The fourth-order valence-electron chi connectivity index (χ4n) is 3.70. The number of carbonyl (C=O) groups excluding carboxylic acids is 2. The Bertz CT molecular complexity index is 1390. The molecule has 4 N–H and O–H groups in total. The van der Waals surface area contributed by atoms with Crippen molar-refractivity contribution < 1.29 is 9.59 Å². The Hall–Kier alpha value is -3.16. The maximum absolute atomic E-state index is 13.2. The molecule has 0 radical (unpaired) electrons. The number of halogens is 3. The molecule has 2 amide bonds. The molecule has 0 aliphatic carbocycles. The molecule has 1 aromatic heterocycles. The van der Waals surface area contributed by atoms with Crippen molar-refractivity contribution in [2.75, 3.05) is 17.2 Å². The predicted molar refractivity (Wildman–Crippen MR) is 143 cm³/mol. The van der Waals surface area contributed by atoms with Gasteiger partial charge in [0.15, 0.2) is 0 Å². The Morgan fingerprint density at radius 1 is 0.886 bits per heavy atom. The highest BCUT2D eigenvalue weighted by atomic mass is 35.5. The third-order valence-corrected chi connectivity index (χ3v) is 6.48. The van der Waals surface area contributed by atoms with Gasteiger partial charge in [0.25, 0.3) is 5.91 Å². The second-order valence-corrected chi connectivity index (χ2v) is 9.10.